The summed E-state index contributed by atoms with van der Waals surface area (Å²) in [5.41, 5.74) is 0. The van der Waals surface area contributed by atoms with E-state index in [0.29, 0.717) is 0 Å². The van der Waals surface area contributed by atoms with E-state index in [1.165, 1.54) is 57.8 Å². The molecule has 1 N–H and O–H groups in total. The van der Waals surface area contributed by atoms with E-state index in [1.54, 1.807) is 0 Å². The Morgan fingerprint density at radius 1 is 1.06 bits per heavy atom. The number of rotatable bonds is 5. The van der Waals surface area contributed by atoms with Crippen LogP contribution in [0.15, 0.2) is 0 Å². The second-order valence-electron chi connectivity index (χ2n) is 5.75. The summed E-state index contributed by atoms with van der Waals surface area (Å²) in [6.07, 6.45) is 13.0. The molecule has 1 aliphatic rings. The Morgan fingerprint density at radius 2 is 1.62 bits per heavy atom. The quantitative estimate of drug-likeness (QED) is 0.732. The average Bonchev–Trinajstić information content (AvgIpc) is 2.26. The van der Waals surface area contributed by atoms with E-state index < -0.39 is 0 Å². The fraction of sp³-hybridized carbons (Fsp3) is 1.00. The van der Waals surface area contributed by atoms with Crippen LogP contribution in [0.2, 0.25) is 0 Å². The van der Waals surface area contributed by atoms with Crippen LogP contribution >= 0.6 is 0 Å². The molecule has 0 heterocycles. The van der Waals surface area contributed by atoms with Gasteiger partial charge in [0.05, 0.1) is 0 Å². The lowest BCUT2D eigenvalue weighted by Crippen LogP contribution is -2.35. The number of hydrogen-bond donors (Lipinski definition) is 1. The van der Waals surface area contributed by atoms with E-state index in [-0.39, 0.29) is 0 Å². The van der Waals surface area contributed by atoms with E-state index in [0.717, 1.165) is 17.9 Å². The molecule has 1 heteroatoms. The molecule has 1 fully saturated rings. The molecule has 1 rings (SSSR count). The molecule has 0 aromatic rings. The minimum absolute atomic E-state index is 0.771. The van der Waals surface area contributed by atoms with Crippen molar-refractivity contribution < 1.29 is 0 Å². The predicted octanol–water partition coefficient (Wildman–Crippen LogP) is 4.37. The van der Waals surface area contributed by atoms with Gasteiger partial charge in [-0.25, -0.2) is 0 Å². The largest absolute Gasteiger partial charge is 0.317 e. The van der Waals surface area contributed by atoms with E-state index in [2.05, 4.69) is 26.2 Å². The SMILES string of the molecule is CCC(C)CC(NC)C1CCCCCCC1. The van der Waals surface area contributed by atoms with E-state index in [1.807, 2.05) is 0 Å². The Labute approximate surface area is 102 Å². The van der Waals surface area contributed by atoms with Crippen LogP contribution in [-0.2, 0) is 0 Å². The molecule has 96 valence electrons. The van der Waals surface area contributed by atoms with Crippen LogP contribution in [-0.4, -0.2) is 13.1 Å². The van der Waals surface area contributed by atoms with Gasteiger partial charge in [-0.05, 0) is 38.1 Å². The van der Waals surface area contributed by atoms with Gasteiger partial charge in [0.25, 0.3) is 0 Å². The highest BCUT2D eigenvalue weighted by atomic mass is 14.9. The third-order valence-electron chi connectivity index (χ3n) is 4.44. The Hall–Kier alpha value is -0.0400. The molecular formula is C15H31N. The summed E-state index contributed by atoms with van der Waals surface area (Å²) in [5.74, 6) is 1.82. The molecule has 0 aromatic carbocycles. The lowest BCUT2D eigenvalue weighted by Gasteiger charge is -2.30. The second kappa shape index (κ2) is 8.11. The van der Waals surface area contributed by atoms with Crippen LogP contribution in [0.5, 0.6) is 0 Å². The Bertz CT molecular complexity index is 159. The summed E-state index contributed by atoms with van der Waals surface area (Å²) in [5, 5.41) is 3.59. The van der Waals surface area contributed by atoms with Crippen LogP contribution < -0.4 is 5.32 Å². The van der Waals surface area contributed by atoms with Gasteiger partial charge in [0.1, 0.15) is 0 Å². The summed E-state index contributed by atoms with van der Waals surface area (Å²) < 4.78 is 0. The average molecular weight is 225 g/mol. The highest BCUT2D eigenvalue weighted by Crippen LogP contribution is 2.28. The highest BCUT2D eigenvalue weighted by Gasteiger charge is 2.21. The van der Waals surface area contributed by atoms with Crippen molar-refractivity contribution in [1.82, 2.24) is 5.32 Å². The van der Waals surface area contributed by atoms with Crippen LogP contribution in [0.4, 0.5) is 0 Å². The van der Waals surface area contributed by atoms with Gasteiger partial charge in [-0.3, -0.25) is 0 Å². The van der Waals surface area contributed by atoms with Crippen molar-refractivity contribution >= 4 is 0 Å². The number of nitrogens with one attached hydrogen (secondary N) is 1. The second-order valence-corrected chi connectivity index (χ2v) is 5.75. The first-order valence-corrected chi connectivity index (χ1v) is 7.45. The molecule has 0 aromatic heterocycles. The Morgan fingerprint density at radius 3 is 2.12 bits per heavy atom. The zero-order chi connectivity index (χ0) is 11.8. The molecule has 0 spiro atoms. The molecule has 0 amide bonds. The normalized spacial score (nSPS) is 23.4. The molecule has 0 radical (unpaired) electrons. The molecule has 0 saturated heterocycles. The van der Waals surface area contributed by atoms with Crippen molar-refractivity contribution in [3.63, 3.8) is 0 Å². The zero-order valence-corrected chi connectivity index (χ0v) is 11.6. The van der Waals surface area contributed by atoms with E-state index in [9.17, 15) is 0 Å². The fourth-order valence-corrected chi connectivity index (χ4v) is 3.04. The van der Waals surface area contributed by atoms with Crippen molar-refractivity contribution in [2.75, 3.05) is 7.05 Å². The summed E-state index contributed by atoms with van der Waals surface area (Å²) in [7, 11) is 2.16. The fourth-order valence-electron chi connectivity index (χ4n) is 3.04. The maximum absolute atomic E-state index is 3.59. The monoisotopic (exact) mass is 225 g/mol. The van der Waals surface area contributed by atoms with Gasteiger partial charge in [0.15, 0.2) is 0 Å². The standard InChI is InChI=1S/C15H31N/c1-4-13(2)12-15(16-3)14-10-8-6-5-7-9-11-14/h13-16H,4-12H2,1-3H3. The summed E-state index contributed by atoms with van der Waals surface area (Å²) in [4.78, 5) is 0. The smallest absolute Gasteiger partial charge is 0.00948 e. The minimum atomic E-state index is 0.771. The summed E-state index contributed by atoms with van der Waals surface area (Å²) in [6, 6.07) is 0.771. The Balaban J connectivity index is 2.41. The predicted molar refractivity (Wildman–Crippen MR) is 72.7 cm³/mol. The third kappa shape index (κ3) is 4.86. The van der Waals surface area contributed by atoms with Gasteiger partial charge in [-0.2, -0.15) is 0 Å². The third-order valence-corrected chi connectivity index (χ3v) is 4.44. The van der Waals surface area contributed by atoms with Gasteiger partial charge in [0, 0.05) is 6.04 Å². The van der Waals surface area contributed by atoms with Gasteiger partial charge >= 0.3 is 0 Å². The molecule has 2 atom stereocenters. The maximum Gasteiger partial charge on any atom is 0.00948 e. The summed E-state index contributed by atoms with van der Waals surface area (Å²) >= 11 is 0. The molecular weight excluding hydrogens is 194 g/mol. The van der Waals surface area contributed by atoms with Crippen LogP contribution in [0.3, 0.4) is 0 Å². The first kappa shape index (κ1) is 14.0. The molecule has 1 nitrogen and oxygen atoms in total. The molecule has 0 bridgehead atoms. The van der Waals surface area contributed by atoms with Crippen LogP contribution in [0, 0.1) is 11.8 Å². The topological polar surface area (TPSA) is 12.0 Å². The van der Waals surface area contributed by atoms with Gasteiger partial charge in [-0.1, -0.05) is 52.4 Å². The maximum atomic E-state index is 3.59. The highest BCUT2D eigenvalue weighted by molar-refractivity contribution is 4.78. The molecule has 0 aliphatic heterocycles. The van der Waals surface area contributed by atoms with Crippen molar-refractivity contribution in [3.8, 4) is 0 Å². The molecule has 16 heavy (non-hydrogen) atoms. The van der Waals surface area contributed by atoms with E-state index >= 15 is 0 Å². The Kier molecular flexibility index (Phi) is 7.11. The summed E-state index contributed by atoms with van der Waals surface area (Å²) in [6.45, 7) is 4.71. The van der Waals surface area contributed by atoms with Gasteiger partial charge in [0.2, 0.25) is 0 Å². The first-order valence-electron chi connectivity index (χ1n) is 7.45. The first-order chi connectivity index (χ1) is 7.77. The van der Waals surface area contributed by atoms with Gasteiger partial charge < -0.3 is 5.32 Å². The molecule has 1 saturated carbocycles. The van der Waals surface area contributed by atoms with Crippen molar-refractivity contribution in [3.05, 3.63) is 0 Å². The lowest BCUT2D eigenvalue weighted by atomic mass is 9.82. The van der Waals surface area contributed by atoms with Crippen molar-refractivity contribution in [1.29, 1.82) is 0 Å². The van der Waals surface area contributed by atoms with E-state index in [4.69, 9.17) is 0 Å². The van der Waals surface area contributed by atoms with Crippen LogP contribution in [0.25, 0.3) is 0 Å². The molecule has 2 unspecified atom stereocenters. The van der Waals surface area contributed by atoms with Crippen LogP contribution in [0.1, 0.15) is 71.6 Å². The zero-order valence-electron chi connectivity index (χ0n) is 11.6. The van der Waals surface area contributed by atoms with Gasteiger partial charge in [-0.15, -0.1) is 0 Å². The minimum Gasteiger partial charge on any atom is -0.317 e. The lowest BCUT2D eigenvalue weighted by molar-refractivity contribution is 0.259. The van der Waals surface area contributed by atoms with Crippen molar-refractivity contribution in [2.24, 2.45) is 11.8 Å². The molecule has 1 aliphatic carbocycles. The van der Waals surface area contributed by atoms with Crippen molar-refractivity contribution in [2.45, 2.75) is 77.7 Å². The number of hydrogen-bond acceptors (Lipinski definition) is 1.